The summed E-state index contributed by atoms with van der Waals surface area (Å²) in [6.45, 7) is 3.74. The van der Waals surface area contributed by atoms with Gasteiger partial charge in [-0.25, -0.2) is 0 Å². The molecule has 1 aliphatic heterocycles. The van der Waals surface area contributed by atoms with E-state index in [4.69, 9.17) is 12.2 Å². The van der Waals surface area contributed by atoms with E-state index in [1.54, 1.807) is 12.2 Å². The Balaban J connectivity index is 2.72. The van der Waals surface area contributed by atoms with E-state index in [9.17, 15) is 14.4 Å². The minimum Gasteiger partial charge on any atom is -0.332 e. The van der Waals surface area contributed by atoms with Crippen molar-refractivity contribution in [2.45, 2.75) is 39.2 Å². The van der Waals surface area contributed by atoms with E-state index in [-0.39, 0.29) is 29.1 Å². The van der Waals surface area contributed by atoms with E-state index in [1.807, 2.05) is 13.8 Å². The van der Waals surface area contributed by atoms with E-state index in [0.29, 0.717) is 17.0 Å². The van der Waals surface area contributed by atoms with Crippen LogP contribution in [-0.4, -0.2) is 21.4 Å². The quantitative estimate of drug-likeness (QED) is 0.589. The third-order valence-corrected chi connectivity index (χ3v) is 3.72. The van der Waals surface area contributed by atoms with Gasteiger partial charge in [-0.15, -0.1) is 0 Å². The fraction of sp³-hybridized carbons (Fsp3) is 0.429. The molecule has 0 saturated carbocycles. The molecular formula is C14H17N3O3S. The molecule has 0 aromatic carbocycles. The molecular weight excluding hydrogens is 290 g/mol. The number of imide groups is 1. The van der Waals surface area contributed by atoms with Crippen molar-refractivity contribution in [1.82, 2.24) is 14.9 Å². The lowest BCUT2D eigenvalue weighted by Crippen LogP contribution is -2.52. The molecule has 0 spiro atoms. The summed E-state index contributed by atoms with van der Waals surface area (Å²) in [5, 5.41) is 3.39. The molecule has 1 aromatic rings. The van der Waals surface area contributed by atoms with Gasteiger partial charge in [0.05, 0.1) is 5.22 Å². The van der Waals surface area contributed by atoms with Crippen LogP contribution in [0.4, 0.5) is 0 Å². The number of aromatic nitrogens is 2. The zero-order valence-corrected chi connectivity index (χ0v) is 12.8. The largest absolute Gasteiger partial charge is 0.332 e. The van der Waals surface area contributed by atoms with Crippen LogP contribution in [0.3, 0.4) is 0 Å². The fourth-order valence-corrected chi connectivity index (χ4v) is 2.74. The number of nitrogens with zero attached hydrogens (tertiary/aromatic N) is 1. The molecule has 0 radical (unpaired) electrons. The fourth-order valence-electron chi connectivity index (χ4n) is 2.42. The zero-order valence-electron chi connectivity index (χ0n) is 11.9. The molecule has 0 aliphatic carbocycles. The molecule has 1 unspecified atom stereocenters. The first-order chi connectivity index (χ1) is 9.99. The number of rotatable bonds is 2. The standard InChI is InChI=1S/C14H17N3O3S/c1-3-5-8-9(4-2)15-14(21)17(13(8)20)10-6-7-11(18)16-12(10)19/h4-5,10H,3,6-7H2,1-2H3,(H,15,21)(H,16,18,19)/b8-5+,9-4+. The number of aromatic amines is 1. The first-order valence-corrected chi connectivity index (χ1v) is 7.25. The average molecular weight is 307 g/mol. The number of nitrogens with one attached hydrogen (secondary N) is 2. The summed E-state index contributed by atoms with van der Waals surface area (Å²) in [7, 11) is 0. The van der Waals surface area contributed by atoms with Crippen molar-refractivity contribution in [3.8, 4) is 0 Å². The lowest BCUT2D eigenvalue weighted by Gasteiger charge is -2.22. The maximum Gasteiger partial charge on any atom is 0.262 e. The van der Waals surface area contributed by atoms with E-state index in [2.05, 4.69) is 10.3 Å². The Morgan fingerprint density at radius 3 is 2.67 bits per heavy atom. The van der Waals surface area contributed by atoms with Gasteiger partial charge in [-0.05, 0) is 32.0 Å². The highest BCUT2D eigenvalue weighted by Gasteiger charge is 2.29. The van der Waals surface area contributed by atoms with Gasteiger partial charge in [0.15, 0.2) is 4.77 Å². The Morgan fingerprint density at radius 2 is 2.10 bits per heavy atom. The Labute approximate surface area is 126 Å². The summed E-state index contributed by atoms with van der Waals surface area (Å²) in [5.74, 6) is -0.804. The zero-order chi connectivity index (χ0) is 15.6. The average Bonchev–Trinajstić information content (AvgIpc) is 2.44. The van der Waals surface area contributed by atoms with Crippen molar-refractivity contribution < 1.29 is 9.59 Å². The molecule has 2 rings (SSSR count). The van der Waals surface area contributed by atoms with Crippen LogP contribution in [0.5, 0.6) is 0 Å². The second kappa shape index (κ2) is 6.17. The lowest BCUT2D eigenvalue weighted by molar-refractivity contribution is -0.135. The number of amides is 2. The first kappa shape index (κ1) is 15.4. The number of hydrogen-bond acceptors (Lipinski definition) is 4. The van der Waals surface area contributed by atoms with Gasteiger partial charge >= 0.3 is 0 Å². The van der Waals surface area contributed by atoms with Gasteiger partial charge in [-0.1, -0.05) is 19.1 Å². The van der Waals surface area contributed by atoms with E-state index < -0.39 is 11.9 Å². The van der Waals surface area contributed by atoms with Crippen molar-refractivity contribution in [1.29, 1.82) is 0 Å². The van der Waals surface area contributed by atoms with Gasteiger partial charge in [0.25, 0.3) is 5.56 Å². The Hall–Kier alpha value is -2.02. The van der Waals surface area contributed by atoms with Gasteiger partial charge < -0.3 is 4.98 Å². The molecule has 1 fully saturated rings. The van der Waals surface area contributed by atoms with Gasteiger partial charge in [0.1, 0.15) is 6.04 Å². The van der Waals surface area contributed by atoms with Crippen molar-refractivity contribution in [3.05, 3.63) is 25.7 Å². The molecule has 21 heavy (non-hydrogen) atoms. The number of carbonyl (C=O) groups excluding carboxylic acids is 2. The van der Waals surface area contributed by atoms with Gasteiger partial charge in [-0.2, -0.15) is 0 Å². The molecule has 6 nitrogen and oxygen atoms in total. The monoisotopic (exact) mass is 307 g/mol. The number of carbonyl (C=O) groups is 2. The summed E-state index contributed by atoms with van der Waals surface area (Å²) in [6.07, 6.45) is 4.74. The van der Waals surface area contributed by atoms with Crippen LogP contribution in [-0.2, 0) is 9.59 Å². The van der Waals surface area contributed by atoms with Crippen LogP contribution in [0.25, 0.3) is 12.2 Å². The predicted octanol–water partition coefficient (Wildman–Crippen LogP) is -0.126. The van der Waals surface area contributed by atoms with E-state index in [0.717, 1.165) is 0 Å². The second-order valence-electron chi connectivity index (χ2n) is 4.80. The van der Waals surface area contributed by atoms with Crippen LogP contribution in [0.1, 0.15) is 39.2 Å². The summed E-state index contributed by atoms with van der Waals surface area (Å²) in [6, 6.07) is -0.742. The number of piperidine rings is 1. The third kappa shape index (κ3) is 2.87. The highest BCUT2D eigenvalue weighted by atomic mass is 32.1. The molecule has 1 saturated heterocycles. The highest BCUT2D eigenvalue weighted by Crippen LogP contribution is 2.15. The molecule has 1 aliphatic rings. The van der Waals surface area contributed by atoms with E-state index >= 15 is 0 Å². The smallest absolute Gasteiger partial charge is 0.262 e. The van der Waals surface area contributed by atoms with Gasteiger partial charge in [0, 0.05) is 11.8 Å². The van der Waals surface area contributed by atoms with Gasteiger partial charge in [0.2, 0.25) is 11.8 Å². The Morgan fingerprint density at radius 1 is 1.38 bits per heavy atom. The van der Waals surface area contributed by atoms with Crippen LogP contribution < -0.4 is 21.4 Å². The van der Waals surface area contributed by atoms with Crippen LogP contribution in [0, 0.1) is 4.77 Å². The molecule has 2 amide bonds. The highest BCUT2D eigenvalue weighted by molar-refractivity contribution is 7.71. The topological polar surface area (TPSA) is 84.0 Å². The maximum atomic E-state index is 12.6. The Kier molecular flexibility index (Phi) is 4.52. The predicted molar refractivity (Wildman–Crippen MR) is 81.5 cm³/mol. The maximum absolute atomic E-state index is 12.6. The Bertz CT molecular complexity index is 819. The first-order valence-electron chi connectivity index (χ1n) is 6.84. The molecule has 2 heterocycles. The molecule has 2 N–H and O–H groups in total. The summed E-state index contributed by atoms with van der Waals surface area (Å²) >= 11 is 5.21. The van der Waals surface area contributed by atoms with Crippen LogP contribution >= 0.6 is 12.2 Å². The number of hydrogen-bond donors (Lipinski definition) is 2. The van der Waals surface area contributed by atoms with Crippen LogP contribution in [0.15, 0.2) is 4.79 Å². The normalized spacial score (nSPS) is 20.8. The number of H-pyrrole nitrogens is 1. The van der Waals surface area contributed by atoms with Crippen molar-refractivity contribution in [2.75, 3.05) is 0 Å². The molecule has 112 valence electrons. The summed E-state index contributed by atoms with van der Waals surface area (Å²) in [5.41, 5.74) is -0.303. The molecule has 1 atom stereocenters. The summed E-state index contributed by atoms with van der Waals surface area (Å²) in [4.78, 5) is 38.8. The van der Waals surface area contributed by atoms with Crippen molar-refractivity contribution in [3.63, 3.8) is 0 Å². The van der Waals surface area contributed by atoms with Crippen LogP contribution in [0.2, 0.25) is 0 Å². The molecule has 0 bridgehead atoms. The molecule has 7 heteroatoms. The van der Waals surface area contributed by atoms with Gasteiger partial charge in [-0.3, -0.25) is 24.3 Å². The second-order valence-corrected chi connectivity index (χ2v) is 5.19. The van der Waals surface area contributed by atoms with E-state index in [1.165, 1.54) is 4.57 Å². The minimum atomic E-state index is -0.742. The van der Waals surface area contributed by atoms with Crippen molar-refractivity contribution in [2.24, 2.45) is 0 Å². The van der Waals surface area contributed by atoms with Crippen molar-refractivity contribution >= 4 is 36.2 Å². The third-order valence-electron chi connectivity index (χ3n) is 3.42. The SMILES string of the molecule is C/C=c1/[nH]c(=S)n(C2CCC(=O)NC2=O)c(=O)/c1=C/CC. The lowest BCUT2D eigenvalue weighted by atomic mass is 10.1. The minimum absolute atomic E-state index is 0.191. The summed E-state index contributed by atoms with van der Waals surface area (Å²) < 4.78 is 1.46. The molecule has 1 aromatic heterocycles.